The number of halogens is 1. The van der Waals surface area contributed by atoms with E-state index >= 15 is 0 Å². The van der Waals surface area contributed by atoms with Crippen LogP contribution in [0, 0.1) is 0 Å². The Bertz CT molecular complexity index is 235. The molecule has 0 saturated heterocycles. The Kier molecular flexibility index (Phi) is 4.21. The van der Waals surface area contributed by atoms with Crippen LogP contribution in [0.4, 0.5) is 0 Å². The van der Waals surface area contributed by atoms with Crippen molar-refractivity contribution >= 4 is 11.6 Å². The summed E-state index contributed by atoms with van der Waals surface area (Å²) in [4.78, 5) is 0. The van der Waals surface area contributed by atoms with Crippen molar-refractivity contribution in [2.45, 2.75) is 38.7 Å². The maximum atomic E-state index is 6.02. The zero-order valence-corrected chi connectivity index (χ0v) is 10.4. The fourth-order valence-corrected chi connectivity index (χ4v) is 1.41. The largest absolute Gasteiger partial charge is 0.371 e. The molecule has 0 saturated carbocycles. The summed E-state index contributed by atoms with van der Waals surface area (Å²) in [6.07, 6.45) is 1.88. The van der Waals surface area contributed by atoms with E-state index in [4.69, 9.17) is 11.6 Å². The van der Waals surface area contributed by atoms with Gasteiger partial charge >= 0.3 is 0 Å². The van der Waals surface area contributed by atoms with Gasteiger partial charge in [-0.3, -0.25) is 5.43 Å². The van der Waals surface area contributed by atoms with Crippen molar-refractivity contribution in [1.29, 1.82) is 0 Å². The Morgan fingerprint density at radius 1 is 1.53 bits per heavy atom. The van der Waals surface area contributed by atoms with Crippen molar-refractivity contribution < 1.29 is 0 Å². The molecule has 0 amide bonds. The van der Waals surface area contributed by atoms with E-state index in [-0.39, 0.29) is 11.0 Å². The predicted octanol–water partition coefficient (Wildman–Crippen LogP) is 0.630. The molecule has 1 rings (SSSR count). The summed E-state index contributed by atoms with van der Waals surface area (Å²) in [5.41, 5.74) is 9.10. The molecule has 0 aromatic rings. The highest BCUT2D eigenvalue weighted by molar-refractivity contribution is 6.21. The molecular formula is C9H20ClN5. The maximum absolute atomic E-state index is 6.02. The summed E-state index contributed by atoms with van der Waals surface area (Å²) in [7, 11) is 0. The van der Waals surface area contributed by atoms with Gasteiger partial charge < -0.3 is 5.32 Å². The lowest BCUT2D eigenvalue weighted by Gasteiger charge is -2.36. The van der Waals surface area contributed by atoms with E-state index in [0.717, 1.165) is 12.4 Å². The van der Waals surface area contributed by atoms with Crippen LogP contribution in [-0.4, -0.2) is 22.8 Å². The average Bonchev–Trinajstić information content (AvgIpc) is 1.99. The van der Waals surface area contributed by atoms with Gasteiger partial charge in [-0.05, 0) is 33.8 Å². The number of nitrogens with one attached hydrogen (secondary N) is 4. The number of hydrogen-bond donors (Lipinski definition) is 4. The molecule has 1 aliphatic rings. The summed E-state index contributed by atoms with van der Waals surface area (Å²) < 4.78 is 0. The molecule has 1 heterocycles. The van der Waals surface area contributed by atoms with E-state index in [9.17, 15) is 0 Å². The van der Waals surface area contributed by atoms with E-state index in [2.05, 4.69) is 42.4 Å². The summed E-state index contributed by atoms with van der Waals surface area (Å²) in [6, 6.07) is 0. The fourth-order valence-electron chi connectivity index (χ4n) is 1.18. The molecule has 5 nitrogen and oxygen atoms in total. The van der Waals surface area contributed by atoms with Gasteiger partial charge in [-0.2, -0.15) is 0 Å². The fraction of sp³-hybridized carbons (Fsp3) is 0.778. The Balaban J connectivity index is 2.54. The van der Waals surface area contributed by atoms with Gasteiger partial charge in [0.15, 0.2) is 0 Å². The summed E-state index contributed by atoms with van der Waals surface area (Å²) in [5.74, 6) is 0.896. The first-order valence-electron chi connectivity index (χ1n) is 5.11. The predicted molar refractivity (Wildman–Crippen MR) is 62.4 cm³/mol. The highest BCUT2D eigenvalue weighted by Gasteiger charge is 2.21. The Morgan fingerprint density at radius 3 is 2.73 bits per heavy atom. The van der Waals surface area contributed by atoms with E-state index in [1.807, 2.05) is 13.0 Å². The molecule has 6 heteroatoms. The van der Waals surface area contributed by atoms with Crippen LogP contribution in [0.25, 0.3) is 0 Å². The van der Waals surface area contributed by atoms with Crippen LogP contribution in [0.5, 0.6) is 0 Å². The molecule has 0 fully saturated rings. The van der Waals surface area contributed by atoms with Crippen molar-refractivity contribution in [3.8, 4) is 0 Å². The zero-order chi connectivity index (χ0) is 11.5. The number of nitrogens with zero attached hydrogens (tertiary/aromatic N) is 1. The minimum absolute atomic E-state index is 0.0364. The van der Waals surface area contributed by atoms with Crippen molar-refractivity contribution in [1.82, 2.24) is 26.8 Å². The van der Waals surface area contributed by atoms with Gasteiger partial charge in [0.1, 0.15) is 11.3 Å². The van der Waals surface area contributed by atoms with Crippen LogP contribution in [0.1, 0.15) is 27.7 Å². The van der Waals surface area contributed by atoms with Crippen LogP contribution in [0.2, 0.25) is 0 Å². The molecule has 0 aromatic carbocycles. The molecule has 1 unspecified atom stereocenters. The van der Waals surface area contributed by atoms with Crippen LogP contribution in [0.15, 0.2) is 11.9 Å². The standard InChI is InChI=1S/C9H20ClN5/c1-5-11-8-6-7(10)12-15(13-8)14-9(2,3)4/h6-7,11-14H,5H2,1-4H3. The van der Waals surface area contributed by atoms with Gasteiger partial charge in [0.05, 0.1) is 0 Å². The summed E-state index contributed by atoms with van der Waals surface area (Å²) >= 11 is 6.02. The van der Waals surface area contributed by atoms with Crippen molar-refractivity contribution in [2.75, 3.05) is 6.54 Å². The molecule has 0 spiro atoms. The Labute approximate surface area is 96.1 Å². The van der Waals surface area contributed by atoms with E-state index in [1.165, 1.54) is 0 Å². The van der Waals surface area contributed by atoms with Crippen LogP contribution < -0.4 is 21.6 Å². The van der Waals surface area contributed by atoms with Gasteiger partial charge in [0, 0.05) is 12.1 Å². The molecule has 15 heavy (non-hydrogen) atoms. The van der Waals surface area contributed by atoms with Crippen molar-refractivity contribution in [2.24, 2.45) is 0 Å². The highest BCUT2D eigenvalue weighted by Crippen LogP contribution is 2.05. The van der Waals surface area contributed by atoms with Gasteiger partial charge in [-0.15, -0.1) is 0 Å². The third kappa shape index (κ3) is 4.70. The topological polar surface area (TPSA) is 51.4 Å². The second kappa shape index (κ2) is 5.03. The minimum Gasteiger partial charge on any atom is -0.371 e. The summed E-state index contributed by atoms with van der Waals surface area (Å²) in [5, 5.41) is 4.85. The molecule has 1 atom stereocenters. The first kappa shape index (κ1) is 12.6. The lowest BCUT2D eigenvalue weighted by molar-refractivity contribution is 0.0136. The third-order valence-electron chi connectivity index (χ3n) is 1.61. The second-order valence-electron chi connectivity index (χ2n) is 4.45. The highest BCUT2D eigenvalue weighted by atomic mass is 35.5. The Hall–Kier alpha value is -0.490. The smallest absolute Gasteiger partial charge is 0.121 e. The third-order valence-corrected chi connectivity index (χ3v) is 1.84. The van der Waals surface area contributed by atoms with Gasteiger partial charge in [-0.1, -0.05) is 16.8 Å². The van der Waals surface area contributed by atoms with Gasteiger partial charge in [0.2, 0.25) is 0 Å². The monoisotopic (exact) mass is 233 g/mol. The van der Waals surface area contributed by atoms with E-state index in [0.29, 0.717) is 0 Å². The number of alkyl halides is 1. The molecule has 0 aromatic heterocycles. The second-order valence-corrected chi connectivity index (χ2v) is 4.92. The SMILES string of the molecule is CCNC1=CC(Cl)NN(NC(C)(C)C)N1. The molecule has 0 radical (unpaired) electrons. The van der Waals surface area contributed by atoms with E-state index < -0.39 is 0 Å². The first-order chi connectivity index (χ1) is 6.90. The quantitative estimate of drug-likeness (QED) is 0.426. The lowest BCUT2D eigenvalue weighted by atomic mass is 10.1. The van der Waals surface area contributed by atoms with Gasteiger partial charge in [0.25, 0.3) is 0 Å². The average molecular weight is 234 g/mol. The molecule has 0 aliphatic carbocycles. The molecule has 88 valence electrons. The zero-order valence-electron chi connectivity index (χ0n) is 9.69. The van der Waals surface area contributed by atoms with Crippen LogP contribution in [0.3, 0.4) is 0 Å². The maximum Gasteiger partial charge on any atom is 0.121 e. The summed E-state index contributed by atoms with van der Waals surface area (Å²) in [6.45, 7) is 9.11. The van der Waals surface area contributed by atoms with Crippen LogP contribution in [-0.2, 0) is 0 Å². The Morgan fingerprint density at radius 2 is 2.20 bits per heavy atom. The molecular weight excluding hydrogens is 214 g/mol. The van der Waals surface area contributed by atoms with Crippen LogP contribution >= 0.6 is 11.6 Å². The lowest BCUT2D eigenvalue weighted by Crippen LogP contribution is -2.65. The van der Waals surface area contributed by atoms with Crippen molar-refractivity contribution in [3.05, 3.63) is 11.9 Å². The molecule has 1 aliphatic heterocycles. The number of hydrazine groups is 3. The number of hydrogen-bond acceptors (Lipinski definition) is 5. The van der Waals surface area contributed by atoms with Crippen molar-refractivity contribution in [3.63, 3.8) is 0 Å². The van der Waals surface area contributed by atoms with E-state index in [1.54, 1.807) is 5.23 Å². The first-order valence-corrected chi connectivity index (χ1v) is 5.55. The minimum atomic E-state index is -0.227. The molecule has 0 bridgehead atoms. The normalized spacial score (nSPS) is 23.3. The van der Waals surface area contributed by atoms with Gasteiger partial charge in [-0.25, -0.2) is 10.9 Å². The number of rotatable bonds is 3. The molecule has 4 N–H and O–H groups in total.